The van der Waals surface area contributed by atoms with Gasteiger partial charge in [0, 0.05) is 26.1 Å². The number of hydrogen-bond donors (Lipinski definition) is 2. The normalized spacial score (nSPS) is 14.9. The first-order chi connectivity index (χ1) is 13.5. The summed E-state index contributed by atoms with van der Waals surface area (Å²) in [5.41, 5.74) is 0.672. The van der Waals surface area contributed by atoms with E-state index in [0.29, 0.717) is 42.6 Å². The molecule has 1 aromatic rings. The number of thiazole rings is 1. The van der Waals surface area contributed by atoms with Crippen molar-refractivity contribution in [2.75, 3.05) is 32.8 Å². The van der Waals surface area contributed by atoms with Gasteiger partial charge in [-0.15, -0.1) is 35.3 Å². The molecule has 1 fully saturated rings. The van der Waals surface area contributed by atoms with Crippen molar-refractivity contribution in [3.05, 3.63) is 15.6 Å². The number of halogens is 1. The first kappa shape index (κ1) is 25.6. The number of esters is 1. The highest BCUT2D eigenvalue weighted by Crippen LogP contribution is 2.24. The van der Waals surface area contributed by atoms with E-state index in [1.165, 1.54) is 11.3 Å². The Balaban J connectivity index is 0.00000420. The van der Waals surface area contributed by atoms with Crippen LogP contribution in [0.3, 0.4) is 0 Å². The molecule has 0 aromatic carbocycles. The van der Waals surface area contributed by atoms with E-state index in [1.54, 1.807) is 6.92 Å². The second kappa shape index (κ2) is 13.0. The Bertz CT molecular complexity index is 704. The van der Waals surface area contributed by atoms with Crippen LogP contribution in [0.4, 0.5) is 0 Å². The van der Waals surface area contributed by atoms with Gasteiger partial charge in [0.1, 0.15) is 9.88 Å². The first-order valence-electron chi connectivity index (χ1n) is 9.93. The van der Waals surface area contributed by atoms with Crippen LogP contribution in [0, 0.1) is 6.92 Å². The highest BCUT2D eigenvalue weighted by atomic mass is 127. The zero-order valence-corrected chi connectivity index (χ0v) is 20.8. The molecule has 0 aliphatic carbocycles. The van der Waals surface area contributed by atoms with Gasteiger partial charge >= 0.3 is 5.97 Å². The molecule has 1 aliphatic rings. The smallest absolute Gasteiger partial charge is 0.350 e. The number of carbonyl (C=O) groups excluding carboxylic acids is 2. The molecule has 2 N–H and O–H groups in total. The van der Waals surface area contributed by atoms with E-state index in [0.717, 1.165) is 30.9 Å². The predicted molar refractivity (Wildman–Crippen MR) is 126 cm³/mol. The van der Waals surface area contributed by atoms with E-state index in [1.807, 2.05) is 25.7 Å². The predicted octanol–water partition coefficient (Wildman–Crippen LogP) is 2.87. The van der Waals surface area contributed by atoms with Crippen molar-refractivity contribution in [2.24, 2.45) is 4.99 Å². The van der Waals surface area contributed by atoms with E-state index in [2.05, 4.69) is 20.6 Å². The Hall–Kier alpha value is -1.43. The van der Waals surface area contributed by atoms with Crippen molar-refractivity contribution < 1.29 is 14.3 Å². The number of aryl methyl sites for hydroxylation is 1. The van der Waals surface area contributed by atoms with Crippen molar-refractivity contribution in [3.63, 3.8) is 0 Å². The number of nitrogens with one attached hydrogen (secondary N) is 2. The Morgan fingerprint density at radius 1 is 1.31 bits per heavy atom. The van der Waals surface area contributed by atoms with Crippen molar-refractivity contribution in [3.8, 4) is 0 Å². The number of rotatable bonds is 8. The zero-order chi connectivity index (χ0) is 20.5. The van der Waals surface area contributed by atoms with Crippen LogP contribution in [-0.2, 0) is 9.53 Å². The van der Waals surface area contributed by atoms with Gasteiger partial charge in [-0.1, -0.05) is 0 Å². The van der Waals surface area contributed by atoms with Crippen LogP contribution in [0.2, 0.25) is 0 Å². The molecule has 0 spiro atoms. The Kier molecular flexibility index (Phi) is 11.5. The van der Waals surface area contributed by atoms with Gasteiger partial charge in [-0.25, -0.2) is 9.78 Å². The lowest BCUT2D eigenvalue weighted by Gasteiger charge is -2.17. The number of ether oxygens (including phenoxy) is 1. The number of likely N-dealkylation sites (tertiary alicyclic amines) is 1. The van der Waals surface area contributed by atoms with Crippen LogP contribution in [0.5, 0.6) is 0 Å². The molecular weight excluding hydrogens is 505 g/mol. The molecule has 164 valence electrons. The lowest BCUT2D eigenvalue weighted by Crippen LogP contribution is -2.39. The summed E-state index contributed by atoms with van der Waals surface area (Å²) in [6, 6.07) is -0.126. The molecule has 2 heterocycles. The Labute approximate surface area is 193 Å². The molecule has 8 nitrogen and oxygen atoms in total. The lowest BCUT2D eigenvalue weighted by molar-refractivity contribution is -0.129. The second-order valence-electron chi connectivity index (χ2n) is 6.65. The number of carbonyl (C=O) groups is 2. The minimum atomic E-state index is -0.336. The molecule has 1 saturated heterocycles. The highest BCUT2D eigenvalue weighted by molar-refractivity contribution is 14.0. The number of aliphatic imine (C=N–C) groups is 1. The third-order valence-corrected chi connectivity index (χ3v) is 5.72. The van der Waals surface area contributed by atoms with Crippen molar-refractivity contribution in [1.82, 2.24) is 20.5 Å². The summed E-state index contributed by atoms with van der Waals surface area (Å²) in [6.45, 7) is 10.8. The average molecular weight is 537 g/mol. The topological polar surface area (TPSA) is 95.9 Å². The quantitative estimate of drug-likeness (QED) is 0.229. The van der Waals surface area contributed by atoms with Crippen LogP contribution in [0.15, 0.2) is 4.99 Å². The summed E-state index contributed by atoms with van der Waals surface area (Å²) in [7, 11) is 0. The number of aromatic nitrogens is 1. The molecule has 1 unspecified atom stereocenters. The van der Waals surface area contributed by atoms with Crippen molar-refractivity contribution >= 4 is 53.1 Å². The standard InChI is InChI=1S/C19H31N5O3S.HI/c1-5-20-19(21-10-9-15(25)24-11-7-8-12-24)23-14(4)17-22-13(3)16(28-17)18(26)27-6-2;/h14H,5-12H2,1-4H3,(H2,20,21,23);1H. The monoisotopic (exact) mass is 537 g/mol. The van der Waals surface area contributed by atoms with Crippen molar-refractivity contribution in [1.29, 1.82) is 0 Å². The van der Waals surface area contributed by atoms with Crippen LogP contribution >= 0.6 is 35.3 Å². The fourth-order valence-corrected chi connectivity index (χ4v) is 3.93. The summed E-state index contributed by atoms with van der Waals surface area (Å²) in [5.74, 6) is 0.464. The number of amides is 1. The van der Waals surface area contributed by atoms with Crippen molar-refractivity contribution in [2.45, 2.75) is 53.0 Å². The number of nitrogens with zero attached hydrogens (tertiary/aromatic N) is 3. The van der Waals surface area contributed by atoms with Gasteiger partial charge in [-0.2, -0.15) is 0 Å². The van der Waals surface area contributed by atoms with E-state index >= 15 is 0 Å². The molecule has 1 aromatic heterocycles. The average Bonchev–Trinajstić information content (AvgIpc) is 3.31. The largest absolute Gasteiger partial charge is 0.462 e. The molecule has 29 heavy (non-hydrogen) atoms. The fraction of sp³-hybridized carbons (Fsp3) is 0.684. The third-order valence-electron chi connectivity index (χ3n) is 4.40. The molecular formula is C19H32IN5O3S. The SMILES string of the molecule is CCNC(=NCCC(=O)N1CCCC1)NC(C)c1nc(C)c(C(=O)OCC)s1.I. The Morgan fingerprint density at radius 3 is 2.62 bits per heavy atom. The molecule has 1 aliphatic heterocycles. The van der Waals surface area contributed by atoms with Crippen LogP contribution in [0.25, 0.3) is 0 Å². The summed E-state index contributed by atoms with van der Waals surface area (Å²) < 4.78 is 5.08. The minimum Gasteiger partial charge on any atom is -0.462 e. The Morgan fingerprint density at radius 2 is 2.00 bits per heavy atom. The fourth-order valence-electron chi connectivity index (χ4n) is 2.96. The van der Waals surface area contributed by atoms with Gasteiger partial charge in [-0.3, -0.25) is 9.79 Å². The number of hydrogen-bond acceptors (Lipinski definition) is 6. The van der Waals surface area contributed by atoms with Gasteiger partial charge in [0.05, 0.1) is 24.9 Å². The first-order valence-corrected chi connectivity index (χ1v) is 10.7. The van der Waals surface area contributed by atoms with Crippen LogP contribution in [0.1, 0.15) is 66.4 Å². The maximum atomic E-state index is 12.1. The van der Waals surface area contributed by atoms with Gasteiger partial charge in [0.15, 0.2) is 5.96 Å². The van der Waals surface area contributed by atoms with Gasteiger partial charge in [0.25, 0.3) is 0 Å². The molecule has 1 atom stereocenters. The highest BCUT2D eigenvalue weighted by Gasteiger charge is 2.20. The molecule has 0 saturated carbocycles. The minimum absolute atomic E-state index is 0. The maximum absolute atomic E-state index is 12.1. The molecule has 2 rings (SSSR count). The van der Waals surface area contributed by atoms with E-state index < -0.39 is 0 Å². The van der Waals surface area contributed by atoms with E-state index in [4.69, 9.17) is 4.74 Å². The van der Waals surface area contributed by atoms with Crippen LogP contribution < -0.4 is 10.6 Å². The molecule has 10 heteroatoms. The lowest BCUT2D eigenvalue weighted by atomic mass is 10.3. The van der Waals surface area contributed by atoms with E-state index in [9.17, 15) is 9.59 Å². The van der Waals surface area contributed by atoms with Gasteiger partial charge in [-0.05, 0) is 40.5 Å². The summed E-state index contributed by atoms with van der Waals surface area (Å²) >= 11 is 1.33. The second-order valence-corrected chi connectivity index (χ2v) is 7.68. The molecule has 1 amide bonds. The number of guanidine groups is 1. The summed E-state index contributed by atoms with van der Waals surface area (Å²) in [5, 5.41) is 7.28. The van der Waals surface area contributed by atoms with E-state index in [-0.39, 0.29) is 41.9 Å². The molecule has 0 bridgehead atoms. The summed E-state index contributed by atoms with van der Waals surface area (Å²) in [6.07, 6.45) is 2.60. The van der Waals surface area contributed by atoms with Crippen LogP contribution in [-0.4, -0.2) is 60.5 Å². The zero-order valence-electron chi connectivity index (χ0n) is 17.6. The third kappa shape index (κ3) is 7.72. The maximum Gasteiger partial charge on any atom is 0.350 e. The summed E-state index contributed by atoms with van der Waals surface area (Å²) in [4.78, 5) is 35.6. The molecule has 0 radical (unpaired) electrons. The van der Waals surface area contributed by atoms with Gasteiger partial charge in [0.2, 0.25) is 5.91 Å². The van der Waals surface area contributed by atoms with Gasteiger partial charge < -0.3 is 20.3 Å².